The minimum atomic E-state index is -4.39. The first-order valence-corrected chi connectivity index (χ1v) is 18.3. The van der Waals surface area contributed by atoms with Gasteiger partial charge in [0.1, 0.15) is 16.9 Å². The number of nitrogens with one attached hydrogen (secondary N) is 2. The lowest BCUT2D eigenvalue weighted by molar-refractivity contribution is 0.0686. The van der Waals surface area contributed by atoms with Crippen molar-refractivity contribution in [3.8, 4) is 11.4 Å². The molecule has 0 atom stereocenters. The van der Waals surface area contributed by atoms with E-state index in [2.05, 4.69) is 9.44 Å². The van der Waals surface area contributed by atoms with Gasteiger partial charge in [-0.05, 0) is 120 Å². The van der Waals surface area contributed by atoms with Gasteiger partial charge in [0, 0.05) is 43.2 Å². The normalized spacial score (nSPS) is 11.7. The van der Waals surface area contributed by atoms with E-state index in [0.29, 0.717) is 33.4 Å². The molecular formula is C39H25N3O10S2. The van der Waals surface area contributed by atoms with Crippen molar-refractivity contribution >= 4 is 88.8 Å². The van der Waals surface area contributed by atoms with Crippen LogP contribution in [0.5, 0.6) is 5.75 Å². The Morgan fingerprint density at radius 1 is 0.685 bits per heavy atom. The number of sulfonamides is 1. The third kappa shape index (κ3) is 5.90. The van der Waals surface area contributed by atoms with E-state index in [1.807, 2.05) is 6.07 Å². The Kier molecular flexibility index (Phi) is 8.23. The summed E-state index contributed by atoms with van der Waals surface area (Å²) < 4.78 is 45.7. The van der Waals surface area contributed by atoms with E-state index < -0.39 is 33.1 Å². The summed E-state index contributed by atoms with van der Waals surface area (Å²) in [7, 11) is -2.84. The molecule has 0 aliphatic carbocycles. The summed E-state index contributed by atoms with van der Waals surface area (Å²) in [6.45, 7) is 0. The van der Waals surface area contributed by atoms with Crippen LogP contribution in [0.15, 0.2) is 133 Å². The molecule has 8 rings (SSSR count). The number of hydrogen-bond acceptors (Lipinski definition) is 10. The van der Waals surface area contributed by atoms with E-state index in [1.54, 1.807) is 43.5 Å². The number of aromatic nitrogens is 1. The van der Waals surface area contributed by atoms with Crippen molar-refractivity contribution in [2.75, 3.05) is 16.6 Å². The number of carboxylic acid groups (broad SMARTS) is 2. The molecule has 0 aliphatic rings. The van der Waals surface area contributed by atoms with Crippen LogP contribution in [-0.2, 0) is 10.0 Å². The summed E-state index contributed by atoms with van der Waals surface area (Å²) in [6.07, 6.45) is 0. The number of carbonyl (C=O) groups is 2. The molecule has 4 N–H and O–H groups in total. The van der Waals surface area contributed by atoms with Crippen molar-refractivity contribution in [2.24, 2.45) is 0 Å². The standard InChI is InChI=1S/C39H25N3O10S2/c1-51-25-10-14-32-31(18-25)28-11-12-29-34-30(13-15-33(52-32)35(28)34)37(44)42(36(29)43)24-16-26(53-40-22-6-2-20(3-7-22)38(45)46)19-27(17-24)54(49,50)41-23-8-4-21(5-9-23)39(47)48/h2-19,40-41H,1H3,(H,45,46)(H,47,48). The van der Waals surface area contributed by atoms with Gasteiger partial charge in [0.05, 0.1) is 28.8 Å². The Bertz CT molecular complexity index is 3030. The first-order valence-electron chi connectivity index (χ1n) is 16.0. The van der Waals surface area contributed by atoms with E-state index in [-0.39, 0.29) is 43.1 Å². The monoisotopic (exact) mass is 759 g/mol. The highest BCUT2D eigenvalue weighted by Gasteiger charge is 2.23. The maximum atomic E-state index is 14.4. The number of pyridine rings is 1. The molecule has 0 amide bonds. The fourth-order valence-electron chi connectivity index (χ4n) is 6.35. The second-order valence-corrected chi connectivity index (χ2v) is 14.7. The van der Waals surface area contributed by atoms with Gasteiger partial charge in [-0.2, -0.15) is 0 Å². The zero-order valence-electron chi connectivity index (χ0n) is 27.8. The number of methoxy groups -OCH3 is 1. The van der Waals surface area contributed by atoms with E-state index in [9.17, 15) is 37.8 Å². The van der Waals surface area contributed by atoms with Gasteiger partial charge in [-0.1, -0.05) is 6.07 Å². The number of carboxylic acids is 2. The Morgan fingerprint density at radius 3 is 1.91 bits per heavy atom. The van der Waals surface area contributed by atoms with Crippen LogP contribution >= 0.6 is 11.9 Å². The van der Waals surface area contributed by atoms with Crippen LogP contribution in [0.1, 0.15) is 20.7 Å². The van der Waals surface area contributed by atoms with Crippen LogP contribution in [0.3, 0.4) is 0 Å². The summed E-state index contributed by atoms with van der Waals surface area (Å²) in [5.74, 6) is -1.68. The van der Waals surface area contributed by atoms with Crippen LogP contribution in [0.2, 0.25) is 0 Å². The minimum absolute atomic E-state index is 0.0370. The van der Waals surface area contributed by atoms with Gasteiger partial charge in [-0.3, -0.25) is 14.3 Å². The molecule has 2 aromatic heterocycles. The summed E-state index contributed by atoms with van der Waals surface area (Å²) in [5.41, 5.74) is 0.246. The highest BCUT2D eigenvalue weighted by Crippen LogP contribution is 2.38. The summed E-state index contributed by atoms with van der Waals surface area (Å²) in [5, 5.41) is 21.4. The van der Waals surface area contributed by atoms with Crippen LogP contribution in [-0.4, -0.2) is 42.2 Å². The number of aromatic carboxylic acids is 2. The highest BCUT2D eigenvalue weighted by atomic mass is 32.2. The number of ether oxygens (including phenoxy) is 1. The molecule has 0 radical (unpaired) electrons. The summed E-state index contributed by atoms with van der Waals surface area (Å²) in [6, 6.07) is 27.0. The summed E-state index contributed by atoms with van der Waals surface area (Å²) >= 11 is 0.970. The van der Waals surface area contributed by atoms with E-state index in [1.165, 1.54) is 66.7 Å². The van der Waals surface area contributed by atoms with E-state index in [4.69, 9.17) is 9.15 Å². The highest BCUT2D eigenvalue weighted by molar-refractivity contribution is 8.00. The molecule has 0 saturated heterocycles. The molecule has 6 aromatic carbocycles. The SMILES string of the molecule is COc1ccc2oc3ccc4c(=O)n(-c5cc(SNc6ccc(C(=O)O)cc6)cc(S(=O)(=O)Nc6ccc(C(=O)O)cc6)c5)c(=O)c5ccc(c2c1)c3c45. The van der Waals surface area contributed by atoms with Gasteiger partial charge in [-0.15, -0.1) is 0 Å². The average molecular weight is 760 g/mol. The van der Waals surface area contributed by atoms with Crippen molar-refractivity contribution in [3.05, 3.63) is 141 Å². The van der Waals surface area contributed by atoms with Crippen molar-refractivity contribution in [1.82, 2.24) is 4.57 Å². The number of fused-ring (bicyclic) bond motifs is 2. The lowest BCUT2D eigenvalue weighted by atomic mass is 9.96. The van der Waals surface area contributed by atoms with Crippen LogP contribution in [0, 0.1) is 0 Å². The van der Waals surface area contributed by atoms with E-state index in [0.717, 1.165) is 27.3 Å². The molecule has 0 unspecified atom stereocenters. The number of nitrogens with zero attached hydrogens (tertiary/aromatic N) is 1. The molecule has 54 heavy (non-hydrogen) atoms. The quantitative estimate of drug-likeness (QED) is 0.0625. The van der Waals surface area contributed by atoms with Gasteiger partial charge in [-0.25, -0.2) is 22.6 Å². The molecule has 0 bridgehead atoms. The van der Waals surface area contributed by atoms with Crippen molar-refractivity contribution in [1.29, 1.82) is 0 Å². The molecule has 0 saturated carbocycles. The molecule has 2 heterocycles. The maximum absolute atomic E-state index is 14.4. The van der Waals surface area contributed by atoms with Gasteiger partial charge in [0.2, 0.25) is 0 Å². The fourth-order valence-corrected chi connectivity index (χ4v) is 8.28. The van der Waals surface area contributed by atoms with Crippen LogP contribution < -0.4 is 25.3 Å². The lowest BCUT2D eigenvalue weighted by Crippen LogP contribution is -2.32. The lowest BCUT2D eigenvalue weighted by Gasteiger charge is -2.16. The van der Waals surface area contributed by atoms with E-state index >= 15 is 0 Å². The summed E-state index contributed by atoms with van der Waals surface area (Å²) in [4.78, 5) is 51.4. The maximum Gasteiger partial charge on any atom is 0.335 e. The van der Waals surface area contributed by atoms with Gasteiger partial charge < -0.3 is 24.1 Å². The Morgan fingerprint density at radius 2 is 1.28 bits per heavy atom. The molecule has 0 spiro atoms. The second-order valence-electron chi connectivity index (χ2n) is 12.2. The molecule has 268 valence electrons. The third-order valence-corrected chi connectivity index (χ3v) is 11.1. The molecule has 0 aliphatic heterocycles. The number of rotatable bonds is 10. The number of hydrogen-bond donors (Lipinski definition) is 4. The first-order chi connectivity index (χ1) is 25.9. The van der Waals surface area contributed by atoms with Gasteiger partial charge in [0.25, 0.3) is 21.1 Å². The third-order valence-electron chi connectivity index (χ3n) is 8.92. The Balaban J connectivity index is 1.29. The largest absolute Gasteiger partial charge is 0.497 e. The Labute approximate surface area is 308 Å². The van der Waals surface area contributed by atoms with Crippen LogP contribution in [0.25, 0.3) is 49.2 Å². The second kappa shape index (κ2) is 13.0. The molecule has 0 fully saturated rings. The van der Waals surface area contributed by atoms with Gasteiger partial charge in [0.15, 0.2) is 0 Å². The minimum Gasteiger partial charge on any atom is -0.497 e. The zero-order chi connectivity index (χ0) is 37.9. The number of anilines is 2. The molecule has 8 aromatic rings. The molecule has 13 nitrogen and oxygen atoms in total. The zero-order valence-corrected chi connectivity index (χ0v) is 29.4. The fraction of sp³-hybridized carbons (Fsp3) is 0.0256. The Hall–Kier alpha value is -6.84. The smallest absolute Gasteiger partial charge is 0.335 e. The van der Waals surface area contributed by atoms with Crippen LogP contribution in [0.4, 0.5) is 11.4 Å². The first kappa shape index (κ1) is 34.3. The molecular weight excluding hydrogens is 735 g/mol. The average Bonchev–Trinajstić information content (AvgIpc) is 3.17. The van der Waals surface area contributed by atoms with Crippen molar-refractivity contribution in [3.63, 3.8) is 0 Å². The predicted octanol–water partition coefficient (Wildman–Crippen LogP) is 7.17. The van der Waals surface area contributed by atoms with Gasteiger partial charge >= 0.3 is 11.9 Å². The predicted molar refractivity (Wildman–Crippen MR) is 205 cm³/mol. The molecule has 15 heteroatoms. The number of benzene rings is 6. The van der Waals surface area contributed by atoms with Crippen molar-refractivity contribution < 1.29 is 37.4 Å². The van der Waals surface area contributed by atoms with Crippen molar-refractivity contribution in [2.45, 2.75) is 9.79 Å². The topological polar surface area (TPSA) is 194 Å².